The Bertz CT molecular complexity index is 594. The molecule has 0 saturated carbocycles. The van der Waals surface area contributed by atoms with Crippen LogP contribution < -0.4 is 16.5 Å². The van der Waals surface area contributed by atoms with Crippen molar-refractivity contribution in [3.63, 3.8) is 0 Å². The van der Waals surface area contributed by atoms with Crippen molar-refractivity contribution in [1.29, 1.82) is 0 Å². The Balaban J connectivity index is 1.75. The van der Waals surface area contributed by atoms with Gasteiger partial charge in [-0.3, -0.25) is 4.99 Å². The molecule has 1 aromatic rings. The van der Waals surface area contributed by atoms with Gasteiger partial charge in [0.05, 0.1) is 22.6 Å². The summed E-state index contributed by atoms with van der Waals surface area (Å²) in [7, 11) is -0.392. The van der Waals surface area contributed by atoms with Gasteiger partial charge in [-0.2, -0.15) is 0 Å². The summed E-state index contributed by atoms with van der Waals surface area (Å²) in [5.41, 5.74) is 7.83. The van der Waals surface area contributed by atoms with Gasteiger partial charge in [0.2, 0.25) is 0 Å². The largest absolute Gasteiger partial charge is 0.494 e. The Morgan fingerprint density at radius 2 is 1.96 bits per heavy atom. The Labute approximate surface area is 138 Å². The van der Waals surface area contributed by atoms with Crippen LogP contribution in [0, 0.1) is 0 Å². The maximum absolute atomic E-state index is 6.16. The van der Waals surface area contributed by atoms with E-state index < -0.39 is 7.12 Å². The van der Waals surface area contributed by atoms with Crippen molar-refractivity contribution in [2.45, 2.75) is 57.8 Å². The molecule has 0 spiro atoms. The Kier molecular flexibility index (Phi) is 4.25. The van der Waals surface area contributed by atoms with E-state index in [0.717, 1.165) is 24.1 Å². The fourth-order valence-electron chi connectivity index (χ4n) is 2.83. The van der Waals surface area contributed by atoms with E-state index in [1.165, 1.54) is 6.42 Å². The van der Waals surface area contributed by atoms with Crippen LogP contribution in [0.25, 0.3) is 0 Å². The maximum atomic E-state index is 6.16. The highest BCUT2D eigenvalue weighted by Crippen LogP contribution is 2.36. The monoisotopic (exact) mass is 315 g/mol. The molecule has 0 bridgehead atoms. The van der Waals surface area contributed by atoms with Gasteiger partial charge in [0, 0.05) is 12.3 Å². The zero-order chi connectivity index (χ0) is 16.7. The summed E-state index contributed by atoms with van der Waals surface area (Å²) in [6, 6.07) is 6.17. The molecule has 1 atom stereocenters. The van der Waals surface area contributed by atoms with Gasteiger partial charge in [-0.25, -0.2) is 0 Å². The number of hydrogen-bond donors (Lipinski definition) is 2. The molecule has 6 heteroatoms. The third-order valence-corrected chi connectivity index (χ3v) is 5.07. The highest BCUT2D eigenvalue weighted by Gasteiger charge is 2.51. The smallest absolute Gasteiger partial charge is 0.399 e. The third kappa shape index (κ3) is 3.29. The van der Waals surface area contributed by atoms with E-state index in [1.54, 1.807) is 0 Å². The van der Waals surface area contributed by atoms with Crippen molar-refractivity contribution >= 4 is 30.2 Å². The second-order valence-electron chi connectivity index (χ2n) is 7.39. The minimum atomic E-state index is -0.392. The van der Waals surface area contributed by atoms with E-state index >= 15 is 0 Å². The van der Waals surface area contributed by atoms with Crippen molar-refractivity contribution in [2.24, 2.45) is 4.99 Å². The molecule has 1 aromatic carbocycles. The highest BCUT2D eigenvalue weighted by atomic mass is 16.7. The Hall–Kier alpha value is -1.37. The Morgan fingerprint density at radius 3 is 2.52 bits per heavy atom. The van der Waals surface area contributed by atoms with Crippen LogP contribution in [0.3, 0.4) is 0 Å². The molecule has 5 nitrogen and oxygen atoms in total. The van der Waals surface area contributed by atoms with Gasteiger partial charge in [-0.1, -0.05) is 6.07 Å². The molecule has 1 unspecified atom stereocenters. The molecule has 0 amide bonds. The van der Waals surface area contributed by atoms with Crippen LogP contribution in [0.1, 0.15) is 40.5 Å². The Morgan fingerprint density at radius 1 is 1.26 bits per heavy atom. The van der Waals surface area contributed by atoms with Gasteiger partial charge < -0.3 is 20.4 Å². The van der Waals surface area contributed by atoms with E-state index in [4.69, 9.17) is 15.0 Å². The highest BCUT2D eigenvalue weighted by molar-refractivity contribution is 6.62. The average molecular weight is 315 g/mol. The first-order valence-corrected chi connectivity index (χ1v) is 8.31. The predicted molar refractivity (Wildman–Crippen MR) is 95.7 cm³/mol. The van der Waals surface area contributed by atoms with Crippen molar-refractivity contribution < 1.29 is 9.31 Å². The first-order chi connectivity index (χ1) is 10.8. The molecule has 2 aliphatic rings. The number of nitrogen functional groups attached to an aromatic ring is 1. The first kappa shape index (κ1) is 16.5. The van der Waals surface area contributed by atoms with Crippen LogP contribution in [-0.4, -0.2) is 37.1 Å². The first-order valence-electron chi connectivity index (χ1n) is 8.31. The zero-order valence-corrected chi connectivity index (χ0v) is 14.4. The molecule has 0 radical (unpaired) electrons. The SMILES string of the molecule is CC1(C)OB(c2ccc(N=CC3CCCN3)c(N)c2)OC1(C)C. The standard InChI is InChI=1S/C17H26BN3O2/c1-16(2)17(3,4)23-18(22-16)12-7-8-15(14(19)10-12)21-11-13-6-5-9-20-13/h7-8,10-11,13,20H,5-6,9,19H2,1-4H3. The van der Waals surface area contributed by atoms with E-state index in [0.29, 0.717) is 11.7 Å². The number of nitrogens with two attached hydrogens (primary N) is 1. The number of benzene rings is 1. The van der Waals surface area contributed by atoms with Gasteiger partial charge in [0.25, 0.3) is 0 Å². The number of nitrogens with one attached hydrogen (secondary N) is 1. The minimum absolute atomic E-state index is 0.350. The number of nitrogens with zero attached hydrogens (tertiary/aromatic N) is 1. The van der Waals surface area contributed by atoms with Crippen LogP contribution in [0.4, 0.5) is 11.4 Å². The lowest BCUT2D eigenvalue weighted by Gasteiger charge is -2.32. The molecule has 124 valence electrons. The summed E-state index contributed by atoms with van der Waals surface area (Å²) >= 11 is 0. The number of aliphatic imine (C=N–C) groups is 1. The van der Waals surface area contributed by atoms with Gasteiger partial charge in [0.1, 0.15) is 0 Å². The molecule has 2 saturated heterocycles. The maximum Gasteiger partial charge on any atom is 0.494 e. The lowest BCUT2D eigenvalue weighted by Crippen LogP contribution is -2.41. The lowest BCUT2D eigenvalue weighted by atomic mass is 9.79. The zero-order valence-electron chi connectivity index (χ0n) is 14.4. The minimum Gasteiger partial charge on any atom is -0.399 e. The molecular formula is C17H26BN3O2. The van der Waals surface area contributed by atoms with Crippen LogP contribution in [0.2, 0.25) is 0 Å². The number of anilines is 1. The molecule has 2 fully saturated rings. The quantitative estimate of drug-likeness (QED) is 0.509. The van der Waals surface area contributed by atoms with Crippen LogP contribution in [0.5, 0.6) is 0 Å². The molecule has 0 aliphatic carbocycles. The van der Waals surface area contributed by atoms with E-state index in [1.807, 2.05) is 52.1 Å². The normalized spacial score (nSPS) is 26.3. The number of hydrogen-bond acceptors (Lipinski definition) is 5. The molecule has 2 heterocycles. The van der Waals surface area contributed by atoms with Crippen LogP contribution in [0.15, 0.2) is 23.2 Å². The van der Waals surface area contributed by atoms with E-state index in [9.17, 15) is 0 Å². The van der Waals surface area contributed by atoms with Crippen molar-refractivity contribution in [1.82, 2.24) is 5.32 Å². The van der Waals surface area contributed by atoms with Gasteiger partial charge in [-0.15, -0.1) is 0 Å². The van der Waals surface area contributed by atoms with E-state index in [-0.39, 0.29) is 11.2 Å². The second-order valence-corrected chi connectivity index (χ2v) is 7.39. The summed E-state index contributed by atoms with van der Waals surface area (Å²) in [6.07, 6.45) is 4.29. The summed E-state index contributed by atoms with van der Waals surface area (Å²) in [5.74, 6) is 0. The van der Waals surface area contributed by atoms with Crippen molar-refractivity contribution in [2.75, 3.05) is 12.3 Å². The van der Waals surface area contributed by atoms with Gasteiger partial charge >= 0.3 is 7.12 Å². The predicted octanol–water partition coefficient (Wildman–Crippen LogP) is 2.02. The molecule has 0 aromatic heterocycles. The topological polar surface area (TPSA) is 68.9 Å². The summed E-state index contributed by atoms with van der Waals surface area (Å²) in [5, 5.41) is 3.39. The molecule has 23 heavy (non-hydrogen) atoms. The second kappa shape index (κ2) is 5.93. The molecular weight excluding hydrogens is 289 g/mol. The summed E-state index contributed by atoms with van der Waals surface area (Å²) in [4.78, 5) is 4.52. The average Bonchev–Trinajstić information content (AvgIpc) is 3.04. The van der Waals surface area contributed by atoms with Crippen molar-refractivity contribution in [3.8, 4) is 0 Å². The number of rotatable bonds is 3. The summed E-state index contributed by atoms with van der Waals surface area (Å²) in [6.45, 7) is 9.24. The molecule has 3 rings (SSSR count). The van der Waals surface area contributed by atoms with Gasteiger partial charge in [-0.05, 0) is 64.7 Å². The van der Waals surface area contributed by atoms with Crippen LogP contribution >= 0.6 is 0 Å². The summed E-state index contributed by atoms with van der Waals surface area (Å²) < 4.78 is 12.1. The van der Waals surface area contributed by atoms with Crippen molar-refractivity contribution in [3.05, 3.63) is 18.2 Å². The third-order valence-electron chi connectivity index (χ3n) is 5.07. The fraction of sp³-hybridized carbons (Fsp3) is 0.588. The molecule has 2 aliphatic heterocycles. The van der Waals surface area contributed by atoms with Gasteiger partial charge in [0.15, 0.2) is 0 Å². The molecule has 3 N–H and O–H groups in total. The fourth-order valence-corrected chi connectivity index (χ4v) is 2.83. The lowest BCUT2D eigenvalue weighted by molar-refractivity contribution is 0.00578. The van der Waals surface area contributed by atoms with Crippen LogP contribution in [-0.2, 0) is 9.31 Å². The van der Waals surface area contributed by atoms with E-state index in [2.05, 4.69) is 10.3 Å².